The fourth-order valence-electron chi connectivity index (χ4n) is 2.54. The Hall–Kier alpha value is -1.53. The number of methoxy groups -OCH3 is 1. The van der Waals surface area contributed by atoms with E-state index in [1.54, 1.807) is 13.4 Å². The number of nitrogens with zero attached hydrogens (tertiary/aromatic N) is 1. The topological polar surface area (TPSA) is 66.7 Å². The molecule has 1 aromatic heterocycles. The summed E-state index contributed by atoms with van der Waals surface area (Å²) < 4.78 is 10.3. The van der Waals surface area contributed by atoms with Crippen LogP contribution in [-0.2, 0) is 11.3 Å². The quantitative estimate of drug-likeness (QED) is 0.747. The molecule has 0 atom stereocenters. The largest absolute Gasteiger partial charge is 0.468 e. The number of ether oxygens (including phenoxy) is 1. The standard InChI is InChI=1S/C15H25N3O3/c1-20-10-6-16-15(19)17-11-13-4-7-18(8-5-13)12-14-3-2-9-21-14/h2-3,9,13H,4-8,10-12H2,1H3,(H2,16,17,19). The monoisotopic (exact) mass is 295 g/mol. The van der Waals surface area contributed by atoms with Gasteiger partial charge in [-0.05, 0) is 44.0 Å². The van der Waals surface area contributed by atoms with Crippen LogP contribution in [0.25, 0.3) is 0 Å². The summed E-state index contributed by atoms with van der Waals surface area (Å²) in [5.74, 6) is 1.58. The van der Waals surface area contributed by atoms with E-state index in [-0.39, 0.29) is 6.03 Å². The van der Waals surface area contributed by atoms with E-state index in [0.29, 0.717) is 19.1 Å². The zero-order valence-corrected chi connectivity index (χ0v) is 12.6. The number of piperidine rings is 1. The Morgan fingerprint density at radius 2 is 2.24 bits per heavy atom. The molecule has 0 spiro atoms. The highest BCUT2D eigenvalue weighted by Crippen LogP contribution is 2.18. The first-order valence-corrected chi connectivity index (χ1v) is 7.53. The van der Waals surface area contributed by atoms with Gasteiger partial charge in [-0.2, -0.15) is 0 Å². The van der Waals surface area contributed by atoms with Gasteiger partial charge in [-0.1, -0.05) is 0 Å². The molecule has 118 valence electrons. The maximum atomic E-state index is 11.5. The lowest BCUT2D eigenvalue weighted by Gasteiger charge is -2.31. The predicted molar refractivity (Wildman–Crippen MR) is 80.0 cm³/mol. The first-order chi connectivity index (χ1) is 10.3. The van der Waals surface area contributed by atoms with Crippen molar-refractivity contribution < 1.29 is 13.9 Å². The van der Waals surface area contributed by atoms with Crippen LogP contribution in [0.15, 0.2) is 22.8 Å². The second-order valence-electron chi connectivity index (χ2n) is 5.43. The summed E-state index contributed by atoms with van der Waals surface area (Å²) in [6, 6.07) is 3.83. The molecule has 21 heavy (non-hydrogen) atoms. The van der Waals surface area contributed by atoms with Crippen molar-refractivity contribution in [3.05, 3.63) is 24.2 Å². The van der Waals surface area contributed by atoms with Crippen molar-refractivity contribution in [3.63, 3.8) is 0 Å². The molecule has 1 saturated heterocycles. The maximum absolute atomic E-state index is 11.5. The van der Waals surface area contributed by atoms with Crippen LogP contribution in [0.1, 0.15) is 18.6 Å². The van der Waals surface area contributed by atoms with Crippen molar-refractivity contribution in [3.8, 4) is 0 Å². The molecule has 2 rings (SSSR count). The second-order valence-corrected chi connectivity index (χ2v) is 5.43. The summed E-state index contributed by atoms with van der Waals surface area (Å²) in [6.45, 7) is 4.82. The molecule has 0 aromatic carbocycles. The third-order valence-electron chi connectivity index (χ3n) is 3.81. The molecule has 2 amide bonds. The zero-order valence-electron chi connectivity index (χ0n) is 12.6. The molecule has 0 saturated carbocycles. The highest BCUT2D eigenvalue weighted by molar-refractivity contribution is 5.73. The molecule has 1 fully saturated rings. The van der Waals surface area contributed by atoms with Crippen molar-refractivity contribution in [1.82, 2.24) is 15.5 Å². The van der Waals surface area contributed by atoms with Crippen LogP contribution in [0.2, 0.25) is 0 Å². The van der Waals surface area contributed by atoms with E-state index in [2.05, 4.69) is 15.5 Å². The zero-order chi connectivity index (χ0) is 14.9. The van der Waals surface area contributed by atoms with E-state index in [9.17, 15) is 4.79 Å². The number of amides is 2. The van der Waals surface area contributed by atoms with Gasteiger partial charge in [-0.3, -0.25) is 4.90 Å². The van der Waals surface area contributed by atoms with Gasteiger partial charge in [-0.25, -0.2) is 4.79 Å². The van der Waals surface area contributed by atoms with E-state index < -0.39 is 0 Å². The minimum absolute atomic E-state index is 0.106. The van der Waals surface area contributed by atoms with Crippen molar-refractivity contribution in [2.45, 2.75) is 19.4 Å². The van der Waals surface area contributed by atoms with Crippen molar-refractivity contribution in [2.24, 2.45) is 5.92 Å². The number of carbonyl (C=O) groups excluding carboxylic acids is 1. The molecular weight excluding hydrogens is 270 g/mol. The lowest BCUT2D eigenvalue weighted by atomic mass is 9.97. The van der Waals surface area contributed by atoms with Gasteiger partial charge >= 0.3 is 6.03 Å². The summed E-state index contributed by atoms with van der Waals surface area (Å²) in [5, 5.41) is 5.69. The van der Waals surface area contributed by atoms with Crippen LogP contribution in [0, 0.1) is 5.92 Å². The average Bonchev–Trinajstić information content (AvgIpc) is 3.00. The minimum atomic E-state index is -0.106. The Bertz CT molecular complexity index is 400. The van der Waals surface area contributed by atoms with Gasteiger partial charge in [0.2, 0.25) is 0 Å². The predicted octanol–water partition coefficient (Wildman–Crippen LogP) is 1.44. The number of furan rings is 1. The molecule has 0 unspecified atom stereocenters. The van der Waals surface area contributed by atoms with Crippen LogP contribution in [0.4, 0.5) is 4.79 Å². The van der Waals surface area contributed by atoms with Crippen LogP contribution in [0.5, 0.6) is 0 Å². The van der Waals surface area contributed by atoms with Crippen LogP contribution in [0.3, 0.4) is 0 Å². The SMILES string of the molecule is COCCNC(=O)NCC1CCN(Cc2ccco2)CC1. The van der Waals surface area contributed by atoms with Crippen molar-refractivity contribution in [1.29, 1.82) is 0 Å². The molecule has 0 radical (unpaired) electrons. The molecule has 6 heteroatoms. The molecule has 6 nitrogen and oxygen atoms in total. The number of rotatable bonds is 7. The smallest absolute Gasteiger partial charge is 0.314 e. The summed E-state index contributed by atoms with van der Waals surface area (Å²) in [7, 11) is 1.62. The summed E-state index contributed by atoms with van der Waals surface area (Å²) >= 11 is 0. The van der Waals surface area contributed by atoms with Crippen LogP contribution >= 0.6 is 0 Å². The molecule has 0 bridgehead atoms. The Balaban J connectivity index is 1.57. The van der Waals surface area contributed by atoms with E-state index in [0.717, 1.165) is 44.8 Å². The average molecular weight is 295 g/mol. The van der Waals surface area contributed by atoms with E-state index >= 15 is 0 Å². The summed E-state index contributed by atoms with van der Waals surface area (Å²) in [4.78, 5) is 13.9. The van der Waals surface area contributed by atoms with Gasteiger partial charge < -0.3 is 19.8 Å². The number of nitrogens with one attached hydrogen (secondary N) is 2. The van der Waals surface area contributed by atoms with Gasteiger partial charge in [0.05, 0.1) is 19.4 Å². The Labute approximate surface area is 125 Å². The second kappa shape index (κ2) is 8.69. The first-order valence-electron chi connectivity index (χ1n) is 7.53. The van der Waals surface area contributed by atoms with Crippen molar-refractivity contribution >= 4 is 6.03 Å². The van der Waals surface area contributed by atoms with Crippen LogP contribution < -0.4 is 10.6 Å². The normalized spacial score (nSPS) is 16.8. The van der Waals surface area contributed by atoms with E-state index in [1.165, 1.54) is 0 Å². The first kappa shape index (κ1) is 15.9. The number of urea groups is 1. The van der Waals surface area contributed by atoms with Gasteiger partial charge in [0.15, 0.2) is 0 Å². The van der Waals surface area contributed by atoms with Gasteiger partial charge in [0.25, 0.3) is 0 Å². The van der Waals surface area contributed by atoms with Crippen molar-refractivity contribution in [2.75, 3.05) is 39.9 Å². The Kier molecular flexibility index (Phi) is 6.56. The summed E-state index contributed by atoms with van der Waals surface area (Å²) in [5.41, 5.74) is 0. The Morgan fingerprint density at radius 1 is 1.43 bits per heavy atom. The van der Waals surface area contributed by atoms with Gasteiger partial charge in [0.1, 0.15) is 5.76 Å². The molecule has 0 aliphatic carbocycles. The molecule has 1 aromatic rings. The van der Waals surface area contributed by atoms with Gasteiger partial charge in [0, 0.05) is 20.2 Å². The maximum Gasteiger partial charge on any atom is 0.314 e. The fraction of sp³-hybridized carbons (Fsp3) is 0.667. The number of carbonyl (C=O) groups is 1. The summed E-state index contributed by atoms with van der Waals surface area (Å²) in [6.07, 6.45) is 3.94. The lowest BCUT2D eigenvalue weighted by molar-refractivity contribution is 0.164. The van der Waals surface area contributed by atoms with Gasteiger partial charge in [-0.15, -0.1) is 0 Å². The number of likely N-dealkylation sites (tertiary alicyclic amines) is 1. The van der Waals surface area contributed by atoms with Crippen LogP contribution in [-0.4, -0.2) is 50.8 Å². The van der Waals surface area contributed by atoms with E-state index in [4.69, 9.17) is 9.15 Å². The minimum Gasteiger partial charge on any atom is -0.468 e. The fourth-order valence-corrected chi connectivity index (χ4v) is 2.54. The lowest BCUT2D eigenvalue weighted by Crippen LogP contribution is -2.42. The molecule has 2 heterocycles. The highest BCUT2D eigenvalue weighted by Gasteiger charge is 2.20. The molecule has 1 aliphatic rings. The number of hydrogen-bond acceptors (Lipinski definition) is 4. The molecule has 2 N–H and O–H groups in total. The Morgan fingerprint density at radius 3 is 2.90 bits per heavy atom. The highest BCUT2D eigenvalue weighted by atomic mass is 16.5. The molecular formula is C15H25N3O3. The molecule has 1 aliphatic heterocycles. The number of hydrogen-bond donors (Lipinski definition) is 2. The third kappa shape index (κ3) is 5.77. The van der Waals surface area contributed by atoms with E-state index in [1.807, 2.05) is 12.1 Å². The third-order valence-corrected chi connectivity index (χ3v) is 3.81.